The van der Waals surface area contributed by atoms with E-state index < -0.39 is 9.05 Å². The van der Waals surface area contributed by atoms with E-state index in [0.717, 1.165) is 5.56 Å². The van der Waals surface area contributed by atoms with E-state index in [0.29, 0.717) is 22.9 Å². The molecule has 20 heavy (non-hydrogen) atoms. The third-order valence-corrected chi connectivity index (χ3v) is 4.49. The predicted octanol–water partition coefficient (Wildman–Crippen LogP) is 4.15. The maximum atomic E-state index is 11.2. The fourth-order valence-corrected chi connectivity index (χ4v) is 2.73. The zero-order valence-corrected chi connectivity index (χ0v) is 13.0. The molecular formula is C14H12Cl2O3S. The maximum Gasteiger partial charge on any atom is 0.261 e. The molecule has 0 heterocycles. The molecule has 2 rings (SSSR count). The van der Waals surface area contributed by atoms with E-state index in [1.807, 2.05) is 18.2 Å². The van der Waals surface area contributed by atoms with Gasteiger partial charge in [0.05, 0.1) is 4.90 Å². The third-order valence-electron chi connectivity index (χ3n) is 2.77. The molecule has 0 aliphatic carbocycles. The van der Waals surface area contributed by atoms with Gasteiger partial charge in [-0.15, -0.1) is 0 Å². The van der Waals surface area contributed by atoms with Crippen LogP contribution in [-0.4, -0.2) is 8.42 Å². The van der Waals surface area contributed by atoms with Crippen molar-refractivity contribution in [1.29, 1.82) is 0 Å². The summed E-state index contributed by atoms with van der Waals surface area (Å²) < 4.78 is 28.1. The molecular weight excluding hydrogens is 319 g/mol. The Labute approximate surface area is 127 Å². The van der Waals surface area contributed by atoms with Crippen LogP contribution in [0.25, 0.3) is 0 Å². The second kappa shape index (κ2) is 6.04. The maximum absolute atomic E-state index is 11.2. The molecule has 0 saturated carbocycles. The van der Waals surface area contributed by atoms with E-state index in [1.165, 1.54) is 12.1 Å². The van der Waals surface area contributed by atoms with Gasteiger partial charge >= 0.3 is 0 Å². The lowest BCUT2D eigenvalue weighted by Crippen LogP contribution is -1.99. The van der Waals surface area contributed by atoms with Crippen molar-refractivity contribution in [2.24, 2.45) is 0 Å². The molecule has 2 aromatic rings. The summed E-state index contributed by atoms with van der Waals surface area (Å²) in [6.45, 7) is 2.07. The lowest BCUT2D eigenvalue weighted by Gasteiger charge is -2.10. The summed E-state index contributed by atoms with van der Waals surface area (Å²) in [4.78, 5) is 0.0572. The Kier molecular flexibility index (Phi) is 4.58. The van der Waals surface area contributed by atoms with E-state index in [4.69, 9.17) is 27.0 Å². The lowest BCUT2D eigenvalue weighted by atomic mass is 10.2. The van der Waals surface area contributed by atoms with Gasteiger partial charge in [0.2, 0.25) is 0 Å². The molecule has 3 nitrogen and oxygen atoms in total. The molecule has 0 fully saturated rings. The van der Waals surface area contributed by atoms with Crippen molar-refractivity contribution in [3.05, 3.63) is 58.6 Å². The van der Waals surface area contributed by atoms with Gasteiger partial charge in [-0.3, -0.25) is 0 Å². The zero-order valence-electron chi connectivity index (χ0n) is 10.6. The van der Waals surface area contributed by atoms with Crippen molar-refractivity contribution in [2.45, 2.75) is 18.4 Å². The van der Waals surface area contributed by atoms with Crippen LogP contribution in [0.2, 0.25) is 5.02 Å². The van der Waals surface area contributed by atoms with E-state index in [2.05, 4.69) is 0 Å². The molecule has 0 saturated heterocycles. The van der Waals surface area contributed by atoms with Crippen LogP contribution in [-0.2, 0) is 15.7 Å². The Bertz CT molecular complexity index is 727. The van der Waals surface area contributed by atoms with E-state index in [1.54, 1.807) is 19.1 Å². The number of hydrogen-bond acceptors (Lipinski definition) is 3. The smallest absolute Gasteiger partial charge is 0.261 e. The topological polar surface area (TPSA) is 43.4 Å². The minimum atomic E-state index is -3.72. The second-order valence-corrected chi connectivity index (χ2v) is 7.22. The number of ether oxygens (including phenoxy) is 1. The van der Waals surface area contributed by atoms with Crippen LogP contribution in [0.4, 0.5) is 0 Å². The summed E-state index contributed by atoms with van der Waals surface area (Å²) in [6, 6.07) is 11.9. The number of halogens is 2. The number of rotatable bonds is 4. The van der Waals surface area contributed by atoms with Crippen molar-refractivity contribution in [3.8, 4) is 5.75 Å². The average molecular weight is 331 g/mol. The highest BCUT2D eigenvalue weighted by molar-refractivity contribution is 8.13. The van der Waals surface area contributed by atoms with Gasteiger partial charge in [-0.25, -0.2) is 8.42 Å². The molecule has 0 aliphatic heterocycles. The molecule has 0 N–H and O–H groups in total. The first-order chi connectivity index (χ1) is 9.38. The van der Waals surface area contributed by atoms with Crippen LogP contribution in [0.1, 0.15) is 11.1 Å². The van der Waals surface area contributed by atoms with Gasteiger partial charge in [-0.1, -0.05) is 29.8 Å². The summed E-state index contributed by atoms with van der Waals surface area (Å²) in [6.07, 6.45) is 0. The van der Waals surface area contributed by atoms with Gasteiger partial charge in [-0.2, -0.15) is 0 Å². The first-order valence-corrected chi connectivity index (χ1v) is 8.48. The van der Waals surface area contributed by atoms with Crippen LogP contribution < -0.4 is 4.74 Å². The largest absolute Gasteiger partial charge is 0.489 e. The monoisotopic (exact) mass is 330 g/mol. The van der Waals surface area contributed by atoms with Gasteiger partial charge in [0.25, 0.3) is 9.05 Å². The number of benzene rings is 2. The minimum absolute atomic E-state index is 0.0572. The Balaban J connectivity index is 2.17. The first kappa shape index (κ1) is 15.2. The fraction of sp³-hybridized carbons (Fsp3) is 0.143. The molecule has 6 heteroatoms. The summed E-state index contributed by atoms with van der Waals surface area (Å²) >= 11 is 6.04. The Morgan fingerprint density at radius 2 is 1.85 bits per heavy atom. The van der Waals surface area contributed by atoms with Gasteiger partial charge in [-0.05, 0) is 36.8 Å². The molecule has 0 aliphatic rings. The standard InChI is InChI=1S/C14H12Cl2O3S/c1-10-8-12(20(16,17)18)6-7-14(10)19-9-11-4-2-3-5-13(11)15/h2-8H,9H2,1H3. The summed E-state index contributed by atoms with van der Waals surface area (Å²) in [7, 11) is 1.57. The lowest BCUT2D eigenvalue weighted by molar-refractivity contribution is 0.304. The summed E-state index contributed by atoms with van der Waals surface area (Å²) in [5.41, 5.74) is 1.56. The minimum Gasteiger partial charge on any atom is -0.489 e. The van der Waals surface area contributed by atoms with Crippen molar-refractivity contribution in [2.75, 3.05) is 0 Å². The fourth-order valence-electron chi connectivity index (χ4n) is 1.71. The molecule has 0 unspecified atom stereocenters. The Morgan fingerprint density at radius 3 is 2.45 bits per heavy atom. The van der Waals surface area contributed by atoms with Crippen molar-refractivity contribution in [1.82, 2.24) is 0 Å². The first-order valence-electron chi connectivity index (χ1n) is 5.79. The summed E-state index contributed by atoms with van der Waals surface area (Å²) in [5, 5.41) is 0.630. The average Bonchev–Trinajstić information content (AvgIpc) is 2.38. The second-order valence-electron chi connectivity index (χ2n) is 4.25. The van der Waals surface area contributed by atoms with E-state index in [9.17, 15) is 8.42 Å². The van der Waals surface area contributed by atoms with Crippen molar-refractivity contribution < 1.29 is 13.2 Å². The highest BCUT2D eigenvalue weighted by atomic mass is 35.7. The van der Waals surface area contributed by atoms with Crippen LogP contribution in [0, 0.1) is 6.92 Å². The van der Waals surface area contributed by atoms with E-state index >= 15 is 0 Å². The molecule has 2 aromatic carbocycles. The van der Waals surface area contributed by atoms with Crippen LogP contribution >= 0.6 is 22.3 Å². The third kappa shape index (κ3) is 3.66. The van der Waals surface area contributed by atoms with Crippen LogP contribution in [0.5, 0.6) is 5.75 Å². The van der Waals surface area contributed by atoms with Gasteiger partial charge in [0.15, 0.2) is 0 Å². The molecule has 0 atom stereocenters. The van der Waals surface area contributed by atoms with Gasteiger partial charge in [0.1, 0.15) is 12.4 Å². The van der Waals surface area contributed by atoms with E-state index in [-0.39, 0.29) is 4.90 Å². The molecule has 0 amide bonds. The number of aryl methyl sites for hydroxylation is 1. The normalized spacial score (nSPS) is 11.3. The van der Waals surface area contributed by atoms with Crippen molar-refractivity contribution in [3.63, 3.8) is 0 Å². The van der Waals surface area contributed by atoms with Gasteiger partial charge < -0.3 is 4.74 Å². The number of hydrogen-bond donors (Lipinski definition) is 0. The predicted molar refractivity (Wildman–Crippen MR) is 80.0 cm³/mol. The Hall–Kier alpha value is -1.23. The van der Waals surface area contributed by atoms with Crippen LogP contribution in [0.15, 0.2) is 47.4 Å². The quantitative estimate of drug-likeness (QED) is 0.790. The molecule has 0 aromatic heterocycles. The zero-order chi connectivity index (χ0) is 14.8. The summed E-state index contributed by atoms with van der Waals surface area (Å²) in [5.74, 6) is 0.592. The highest BCUT2D eigenvalue weighted by Gasteiger charge is 2.12. The van der Waals surface area contributed by atoms with Crippen molar-refractivity contribution >= 4 is 31.3 Å². The Morgan fingerprint density at radius 1 is 1.15 bits per heavy atom. The molecule has 0 spiro atoms. The van der Waals surface area contributed by atoms with Crippen LogP contribution in [0.3, 0.4) is 0 Å². The SMILES string of the molecule is Cc1cc(S(=O)(=O)Cl)ccc1OCc1ccccc1Cl. The molecule has 0 bridgehead atoms. The molecule has 0 radical (unpaired) electrons. The molecule has 106 valence electrons. The highest BCUT2D eigenvalue weighted by Crippen LogP contribution is 2.25. The van der Waals surface area contributed by atoms with Gasteiger partial charge in [0, 0.05) is 21.3 Å².